The first-order valence-corrected chi connectivity index (χ1v) is 9.47. The van der Waals surface area contributed by atoms with Crippen LogP contribution in [-0.2, 0) is 15.8 Å². The van der Waals surface area contributed by atoms with E-state index in [1.54, 1.807) is 17.5 Å². The van der Waals surface area contributed by atoms with Gasteiger partial charge in [0, 0.05) is 13.1 Å². The first-order chi connectivity index (χ1) is 10.5. The molecule has 6 heteroatoms. The van der Waals surface area contributed by atoms with E-state index in [1.165, 1.54) is 0 Å². The van der Waals surface area contributed by atoms with Crippen LogP contribution in [0.1, 0.15) is 25.3 Å². The lowest BCUT2D eigenvalue weighted by atomic mass is 9.98. The third kappa shape index (κ3) is 4.69. The molecule has 5 nitrogen and oxygen atoms in total. The molecule has 1 N–H and O–H groups in total. The number of nitrogens with zero attached hydrogens (tertiary/aromatic N) is 1. The van der Waals surface area contributed by atoms with E-state index in [4.69, 9.17) is 4.74 Å². The molecule has 1 aliphatic rings. The van der Waals surface area contributed by atoms with Crippen molar-refractivity contribution in [2.75, 3.05) is 33.3 Å². The lowest BCUT2D eigenvalue weighted by Gasteiger charge is -2.31. The summed E-state index contributed by atoms with van der Waals surface area (Å²) in [5.41, 5.74) is 0.772. The van der Waals surface area contributed by atoms with Crippen LogP contribution in [0.15, 0.2) is 24.3 Å². The minimum Gasteiger partial charge on any atom is -0.497 e. The molecule has 124 valence electrons. The van der Waals surface area contributed by atoms with Crippen LogP contribution in [-0.4, -0.2) is 46.0 Å². The average molecular weight is 326 g/mol. The number of nitrogens with one attached hydrogen (secondary N) is 1. The van der Waals surface area contributed by atoms with Gasteiger partial charge in [0.05, 0.1) is 12.9 Å². The van der Waals surface area contributed by atoms with E-state index in [-0.39, 0.29) is 5.75 Å². The fourth-order valence-corrected chi connectivity index (χ4v) is 4.35. The summed E-state index contributed by atoms with van der Waals surface area (Å²) >= 11 is 0. The van der Waals surface area contributed by atoms with Gasteiger partial charge in [-0.3, -0.25) is 0 Å². The largest absolute Gasteiger partial charge is 0.497 e. The van der Waals surface area contributed by atoms with E-state index >= 15 is 0 Å². The number of benzene rings is 1. The van der Waals surface area contributed by atoms with E-state index in [0.717, 1.165) is 31.5 Å². The van der Waals surface area contributed by atoms with Crippen LogP contribution in [0.3, 0.4) is 0 Å². The lowest BCUT2D eigenvalue weighted by molar-refractivity contribution is 0.268. The summed E-state index contributed by atoms with van der Waals surface area (Å²) in [6, 6.07) is 7.27. The summed E-state index contributed by atoms with van der Waals surface area (Å²) in [5.74, 6) is 1.32. The molecule has 2 rings (SSSR count). The minimum atomic E-state index is -3.25. The van der Waals surface area contributed by atoms with Crippen molar-refractivity contribution >= 4 is 10.0 Å². The molecule has 0 saturated carbocycles. The summed E-state index contributed by atoms with van der Waals surface area (Å²) in [6.45, 7) is 5.30. The smallest absolute Gasteiger partial charge is 0.218 e. The molecule has 0 unspecified atom stereocenters. The zero-order valence-electron chi connectivity index (χ0n) is 13.4. The molecule has 0 aromatic heterocycles. The van der Waals surface area contributed by atoms with Gasteiger partial charge in [0.25, 0.3) is 0 Å². The summed E-state index contributed by atoms with van der Waals surface area (Å²) in [6.07, 6.45) is 1.87. The maximum Gasteiger partial charge on any atom is 0.218 e. The van der Waals surface area contributed by atoms with E-state index in [1.807, 2.05) is 18.2 Å². The van der Waals surface area contributed by atoms with E-state index in [0.29, 0.717) is 24.8 Å². The van der Waals surface area contributed by atoms with Gasteiger partial charge in [-0.25, -0.2) is 12.7 Å². The standard InChI is InChI=1S/C16H26N2O3S/c1-3-17-12-14-7-9-18(10-8-14)22(19,20)13-15-5-4-6-16(11-15)21-2/h4-6,11,14,17H,3,7-10,12-13H2,1-2H3. The van der Waals surface area contributed by atoms with Crippen molar-refractivity contribution in [3.05, 3.63) is 29.8 Å². The Balaban J connectivity index is 1.93. The monoisotopic (exact) mass is 326 g/mol. The Morgan fingerprint density at radius 3 is 2.68 bits per heavy atom. The number of methoxy groups -OCH3 is 1. The zero-order valence-corrected chi connectivity index (χ0v) is 14.2. The van der Waals surface area contributed by atoms with Gasteiger partial charge in [-0.15, -0.1) is 0 Å². The highest BCUT2D eigenvalue weighted by Crippen LogP contribution is 2.22. The van der Waals surface area contributed by atoms with Gasteiger partial charge in [0.15, 0.2) is 0 Å². The predicted octanol–water partition coefficient (Wildman–Crippen LogP) is 1.85. The van der Waals surface area contributed by atoms with Gasteiger partial charge in [-0.1, -0.05) is 19.1 Å². The highest BCUT2D eigenvalue weighted by atomic mass is 32.2. The van der Waals surface area contributed by atoms with Crippen LogP contribution in [0.5, 0.6) is 5.75 Å². The van der Waals surface area contributed by atoms with Crippen LogP contribution in [0.4, 0.5) is 0 Å². The second-order valence-electron chi connectivity index (χ2n) is 5.76. The summed E-state index contributed by atoms with van der Waals surface area (Å²) < 4.78 is 31.9. The van der Waals surface area contributed by atoms with Crippen molar-refractivity contribution in [1.29, 1.82) is 0 Å². The van der Waals surface area contributed by atoms with Crippen molar-refractivity contribution < 1.29 is 13.2 Å². The minimum absolute atomic E-state index is 0.0437. The highest BCUT2D eigenvalue weighted by molar-refractivity contribution is 7.88. The number of piperidine rings is 1. The summed E-state index contributed by atoms with van der Waals surface area (Å²) in [7, 11) is -1.66. The molecule has 0 bridgehead atoms. The normalized spacial score (nSPS) is 17.5. The Kier molecular flexibility index (Phi) is 6.23. The van der Waals surface area contributed by atoms with Gasteiger partial charge < -0.3 is 10.1 Å². The van der Waals surface area contributed by atoms with Crippen molar-refractivity contribution in [1.82, 2.24) is 9.62 Å². The number of ether oxygens (including phenoxy) is 1. The first-order valence-electron chi connectivity index (χ1n) is 7.86. The lowest BCUT2D eigenvalue weighted by Crippen LogP contribution is -2.41. The Hall–Kier alpha value is -1.11. The van der Waals surface area contributed by atoms with Crippen molar-refractivity contribution in [2.45, 2.75) is 25.5 Å². The Bertz CT molecular complexity index is 567. The Labute approximate surface area is 133 Å². The van der Waals surface area contributed by atoms with Crippen molar-refractivity contribution in [3.63, 3.8) is 0 Å². The zero-order chi connectivity index (χ0) is 16.0. The first kappa shape index (κ1) is 17.2. The van der Waals surface area contributed by atoms with Gasteiger partial charge >= 0.3 is 0 Å². The predicted molar refractivity (Wildman–Crippen MR) is 88.5 cm³/mol. The molecule has 1 aromatic carbocycles. The molecule has 1 saturated heterocycles. The number of sulfonamides is 1. The van der Waals surface area contributed by atoms with Crippen LogP contribution >= 0.6 is 0 Å². The molecule has 0 amide bonds. The number of hydrogen-bond acceptors (Lipinski definition) is 4. The Morgan fingerprint density at radius 1 is 1.32 bits per heavy atom. The molecule has 0 atom stereocenters. The molecule has 0 radical (unpaired) electrons. The van der Waals surface area contributed by atoms with E-state index in [9.17, 15) is 8.42 Å². The second-order valence-corrected chi connectivity index (χ2v) is 7.73. The number of hydrogen-bond donors (Lipinski definition) is 1. The van der Waals surface area contributed by atoms with Gasteiger partial charge in [0.2, 0.25) is 10.0 Å². The van der Waals surface area contributed by atoms with Gasteiger partial charge in [0.1, 0.15) is 5.75 Å². The quantitative estimate of drug-likeness (QED) is 0.831. The average Bonchev–Trinajstić information content (AvgIpc) is 2.53. The molecule has 1 heterocycles. The van der Waals surface area contributed by atoms with Crippen molar-refractivity contribution in [3.8, 4) is 5.75 Å². The third-order valence-corrected chi connectivity index (χ3v) is 5.98. The van der Waals surface area contributed by atoms with Crippen LogP contribution in [0.25, 0.3) is 0 Å². The number of rotatable bonds is 7. The SMILES string of the molecule is CCNCC1CCN(S(=O)(=O)Cc2cccc(OC)c2)CC1. The fourth-order valence-electron chi connectivity index (χ4n) is 2.80. The summed E-state index contributed by atoms with van der Waals surface area (Å²) in [5, 5.41) is 3.34. The molecule has 0 spiro atoms. The summed E-state index contributed by atoms with van der Waals surface area (Å²) in [4.78, 5) is 0. The van der Waals surface area contributed by atoms with Crippen LogP contribution in [0, 0.1) is 5.92 Å². The molecule has 0 aliphatic carbocycles. The third-order valence-electron chi connectivity index (χ3n) is 4.13. The Morgan fingerprint density at radius 2 is 2.05 bits per heavy atom. The maximum absolute atomic E-state index is 12.5. The second kappa shape index (κ2) is 7.94. The van der Waals surface area contributed by atoms with Crippen molar-refractivity contribution in [2.24, 2.45) is 5.92 Å². The molecule has 1 fully saturated rings. The molecular formula is C16H26N2O3S. The molecule has 22 heavy (non-hydrogen) atoms. The molecular weight excluding hydrogens is 300 g/mol. The highest BCUT2D eigenvalue weighted by Gasteiger charge is 2.27. The van der Waals surface area contributed by atoms with E-state index in [2.05, 4.69) is 12.2 Å². The van der Waals surface area contributed by atoms with E-state index < -0.39 is 10.0 Å². The van der Waals surface area contributed by atoms with Crippen LogP contribution < -0.4 is 10.1 Å². The molecule has 1 aromatic rings. The topological polar surface area (TPSA) is 58.6 Å². The fraction of sp³-hybridized carbons (Fsp3) is 0.625. The van der Waals surface area contributed by atoms with Crippen LogP contribution in [0.2, 0.25) is 0 Å². The molecule has 1 aliphatic heterocycles. The van der Waals surface area contributed by atoms with Gasteiger partial charge in [-0.05, 0) is 49.5 Å². The van der Waals surface area contributed by atoms with Gasteiger partial charge in [-0.2, -0.15) is 0 Å². The maximum atomic E-state index is 12.5.